The standard InChI is InChI=1S/C21H33N3O2/c25-21(19-7-9-22(10-8-19)17-20-6-3-15-26-20)24-13-11-23(12-14-24)16-18-4-1-2-5-18/h3,6,15,18-19H,1-2,4-5,7-14,16-17H2. The van der Waals surface area contributed by atoms with Crippen molar-refractivity contribution in [1.29, 1.82) is 0 Å². The maximum Gasteiger partial charge on any atom is 0.225 e. The lowest BCUT2D eigenvalue weighted by molar-refractivity contribution is -0.139. The molecule has 0 unspecified atom stereocenters. The van der Waals surface area contributed by atoms with Gasteiger partial charge < -0.3 is 9.32 Å². The molecule has 5 heteroatoms. The van der Waals surface area contributed by atoms with E-state index in [0.29, 0.717) is 5.91 Å². The van der Waals surface area contributed by atoms with Crippen LogP contribution in [0.4, 0.5) is 0 Å². The van der Waals surface area contributed by atoms with E-state index in [4.69, 9.17) is 4.42 Å². The Bertz CT molecular complexity index is 552. The zero-order chi connectivity index (χ0) is 17.8. The average molecular weight is 360 g/mol. The Balaban J connectivity index is 1.18. The summed E-state index contributed by atoms with van der Waals surface area (Å²) in [5, 5.41) is 0. The van der Waals surface area contributed by atoms with Crippen molar-refractivity contribution in [2.24, 2.45) is 11.8 Å². The van der Waals surface area contributed by atoms with Gasteiger partial charge in [-0.2, -0.15) is 0 Å². The van der Waals surface area contributed by atoms with E-state index < -0.39 is 0 Å². The highest BCUT2D eigenvalue weighted by molar-refractivity contribution is 5.79. The number of carbonyl (C=O) groups excluding carboxylic acids is 1. The van der Waals surface area contributed by atoms with Gasteiger partial charge in [-0.05, 0) is 56.8 Å². The number of amides is 1. The van der Waals surface area contributed by atoms with Crippen LogP contribution >= 0.6 is 0 Å². The number of rotatable bonds is 5. The van der Waals surface area contributed by atoms with Crippen molar-refractivity contribution in [3.05, 3.63) is 24.2 Å². The van der Waals surface area contributed by atoms with E-state index in [1.165, 1.54) is 32.2 Å². The van der Waals surface area contributed by atoms with E-state index in [0.717, 1.165) is 70.3 Å². The van der Waals surface area contributed by atoms with Crippen LogP contribution in [0.25, 0.3) is 0 Å². The molecule has 0 bridgehead atoms. The van der Waals surface area contributed by atoms with Gasteiger partial charge in [0.15, 0.2) is 0 Å². The molecule has 144 valence electrons. The van der Waals surface area contributed by atoms with Crippen molar-refractivity contribution < 1.29 is 9.21 Å². The lowest BCUT2D eigenvalue weighted by atomic mass is 9.95. The molecule has 1 amide bonds. The zero-order valence-electron chi connectivity index (χ0n) is 15.9. The lowest BCUT2D eigenvalue weighted by Gasteiger charge is -2.39. The second kappa shape index (κ2) is 8.57. The summed E-state index contributed by atoms with van der Waals surface area (Å²) >= 11 is 0. The quantitative estimate of drug-likeness (QED) is 0.810. The summed E-state index contributed by atoms with van der Waals surface area (Å²) in [4.78, 5) is 20.0. The molecule has 5 nitrogen and oxygen atoms in total. The number of furan rings is 1. The van der Waals surface area contributed by atoms with Crippen molar-refractivity contribution in [1.82, 2.24) is 14.7 Å². The van der Waals surface area contributed by atoms with Crippen molar-refractivity contribution in [3.63, 3.8) is 0 Å². The van der Waals surface area contributed by atoms with Gasteiger partial charge >= 0.3 is 0 Å². The Hall–Kier alpha value is -1.33. The van der Waals surface area contributed by atoms with Gasteiger partial charge in [-0.1, -0.05) is 12.8 Å². The molecule has 4 rings (SSSR count). The van der Waals surface area contributed by atoms with Crippen LogP contribution < -0.4 is 0 Å². The minimum Gasteiger partial charge on any atom is -0.468 e. The van der Waals surface area contributed by atoms with E-state index in [1.54, 1.807) is 6.26 Å². The molecule has 0 atom stereocenters. The third-order valence-corrected chi connectivity index (χ3v) is 6.57. The number of piperazine rings is 1. The second-order valence-electron chi connectivity index (χ2n) is 8.41. The lowest BCUT2D eigenvalue weighted by Crippen LogP contribution is -2.52. The first kappa shape index (κ1) is 18.1. The predicted octanol–water partition coefficient (Wildman–Crippen LogP) is 2.83. The molecule has 3 heterocycles. The Labute approximate surface area is 157 Å². The van der Waals surface area contributed by atoms with Gasteiger partial charge in [0.1, 0.15) is 5.76 Å². The highest BCUT2D eigenvalue weighted by Gasteiger charge is 2.31. The van der Waals surface area contributed by atoms with Gasteiger partial charge in [0, 0.05) is 38.6 Å². The van der Waals surface area contributed by atoms with Crippen LogP contribution in [-0.2, 0) is 11.3 Å². The average Bonchev–Trinajstić information content (AvgIpc) is 3.37. The van der Waals surface area contributed by atoms with Crippen LogP contribution in [0, 0.1) is 11.8 Å². The third-order valence-electron chi connectivity index (χ3n) is 6.57. The minimum atomic E-state index is 0.226. The maximum absolute atomic E-state index is 12.9. The summed E-state index contributed by atoms with van der Waals surface area (Å²) in [6, 6.07) is 3.97. The second-order valence-corrected chi connectivity index (χ2v) is 8.41. The molecular formula is C21H33N3O2. The summed E-state index contributed by atoms with van der Waals surface area (Å²) in [6.45, 7) is 8.12. The molecule has 0 aromatic carbocycles. The van der Waals surface area contributed by atoms with E-state index in [1.807, 2.05) is 12.1 Å². The topological polar surface area (TPSA) is 39.9 Å². The van der Waals surface area contributed by atoms with E-state index in [-0.39, 0.29) is 5.92 Å². The fourth-order valence-electron chi connectivity index (χ4n) is 4.93. The van der Waals surface area contributed by atoms with Crippen LogP contribution in [0.2, 0.25) is 0 Å². The largest absolute Gasteiger partial charge is 0.468 e. The van der Waals surface area contributed by atoms with Gasteiger partial charge in [-0.25, -0.2) is 0 Å². The summed E-state index contributed by atoms with van der Waals surface area (Å²) in [5.41, 5.74) is 0. The molecule has 3 fully saturated rings. The molecule has 1 saturated carbocycles. The number of carbonyl (C=O) groups is 1. The molecule has 26 heavy (non-hydrogen) atoms. The summed E-state index contributed by atoms with van der Waals surface area (Å²) in [7, 11) is 0. The number of likely N-dealkylation sites (tertiary alicyclic amines) is 1. The molecule has 1 aromatic heterocycles. The summed E-state index contributed by atoms with van der Waals surface area (Å²) in [6.07, 6.45) is 9.37. The minimum absolute atomic E-state index is 0.226. The number of hydrogen-bond acceptors (Lipinski definition) is 4. The van der Waals surface area contributed by atoms with E-state index in [9.17, 15) is 4.79 Å². The zero-order valence-corrected chi connectivity index (χ0v) is 15.9. The van der Waals surface area contributed by atoms with E-state index >= 15 is 0 Å². The molecule has 1 aliphatic carbocycles. The first-order valence-electron chi connectivity index (χ1n) is 10.5. The van der Waals surface area contributed by atoms with Crippen molar-refractivity contribution in [3.8, 4) is 0 Å². The highest BCUT2D eigenvalue weighted by Crippen LogP contribution is 2.26. The fourth-order valence-corrected chi connectivity index (χ4v) is 4.93. The molecule has 0 spiro atoms. The molecule has 0 N–H and O–H groups in total. The van der Waals surface area contributed by atoms with Gasteiger partial charge in [0.05, 0.1) is 12.8 Å². The Morgan fingerprint density at radius 1 is 0.962 bits per heavy atom. The van der Waals surface area contributed by atoms with Crippen molar-refractivity contribution in [2.45, 2.75) is 45.1 Å². The van der Waals surface area contributed by atoms with Crippen molar-refractivity contribution >= 4 is 5.91 Å². The van der Waals surface area contributed by atoms with Crippen LogP contribution in [-0.4, -0.2) is 66.4 Å². The number of nitrogens with zero attached hydrogens (tertiary/aromatic N) is 3. The normalized spacial score (nSPS) is 24.4. The van der Waals surface area contributed by atoms with E-state index in [2.05, 4.69) is 14.7 Å². The number of piperidine rings is 1. The first-order chi connectivity index (χ1) is 12.8. The van der Waals surface area contributed by atoms with Gasteiger partial charge in [0.2, 0.25) is 5.91 Å². The van der Waals surface area contributed by atoms with Gasteiger partial charge in [-0.3, -0.25) is 14.6 Å². The van der Waals surface area contributed by atoms with Crippen LogP contribution in [0.15, 0.2) is 22.8 Å². The van der Waals surface area contributed by atoms with Crippen LogP contribution in [0.5, 0.6) is 0 Å². The summed E-state index contributed by atoms with van der Waals surface area (Å²) in [5.74, 6) is 2.57. The summed E-state index contributed by atoms with van der Waals surface area (Å²) < 4.78 is 5.44. The smallest absolute Gasteiger partial charge is 0.225 e. The van der Waals surface area contributed by atoms with Crippen LogP contribution in [0.3, 0.4) is 0 Å². The fraction of sp³-hybridized carbons (Fsp3) is 0.762. The number of hydrogen-bond donors (Lipinski definition) is 0. The maximum atomic E-state index is 12.9. The van der Waals surface area contributed by atoms with Crippen LogP contribution in [0.1, 0.15) is 44.3 Å². The van der Waals surface area contributed by atoms with Crippen molar-refractivity contribution in [2.75, 3.05) is 45.8 Å². The third kappa shape index (κ3) is 4.49. The molecule has 0 radical (unpaired) electrons. The molecule has 2 aliphatic heterocycles. The molecule has 3 aliphatic rings. The monoisotopic (exact) mass is 359 g/mol. The highest BCUT2D eigenvalue weighted by atomic mass is 16.3. The SMILES string of the molecule is O=C(C1CCN(Cc2ccco2)CC1)N1CCN(CC2CCCC2)CC1. The van der Waals surface area contributed by atoms with Gasteiger partial charge in [0.25, 0.3) is 0 Å². The Kier molecular flexibility index (Phi) is 5.95. The Morgan fingerprint density at radius 3 is 2.35 bits per heavy atom. The van der Waals surface area contributed by atoms with Gasteiger partial charge in [-0.15, -0.1) is 0 Å². The first-order valence-corrected chi connectivity index (χ1v) is 10.5. The predicted molar refractivity (Wildman–Crippen MR) is 102 cm³/mol. The molecule has 2 saturated heterocycles. The molecule has 1 aromatic rings. The molecular weight excluding hydrogens is 326 g/mol. The Morgan fingerprint density at radius 2 is 1.69 bits per heavy atom.